The van der Waals surface area contributed by atoms with E-state index in [1.54, 1.807) is 24.3 Å². The summed E-state index contributed by atoms with van der Waals surface area (Å²) in [6, 6.07) is 5.97. The predicted molar refractivity (Wildman–Crippen MR) is 79.8 cm³/mol. The van der Waals surface area contributed by atoms with Gasteiger partial charge in [0.25, 0.3) is 0 Å². The third-order valence-corrected chi connectivity index (χ3v) is 4.03. The molecule has 0 spiro atoms. The molecule has 1 aliphatic heterocycles. The Morgan fingerprint density at radius 3 is 2.41 bits per heavy atom. The van der Waals surface area contributed by atoms with Crippen molar-refractivity contribution in [2.45, 2.75) is 37.1 Å². The molecule has 0 aromatic heterocycles. The first-order chi connectivity index (χ1) is 10.4. The maximum absolute atomic E-state index is 12.0. The standard InChI is InChI=1S/C14H18BrNO6/c15-8-3-1-7(2-4-8)5-10(18)16-11-13(20)12(19)9(6-17)22-14(11)21/h1-4,9,11-14,17,19-21H,5-6H2,(H,16,18)/t9-,11?,12?,13-,14?/m1/s1. The van der Waals surface area contributed by atoms with Crippen molar-refractivity contribution in [1.29, 1.82) is 0 Å². The monoisotopic (exact) mass is 375 g/mol. The number of halogens is 1. The SMILES string of the molecule is O=C(Cc1ccc(Br)cc1)NC1C(O)O[C@H](CO)C(O)[C@@H]1O. The molecule has 1 aromatic carbocycles. The van der Waals surface area contributed by atoms with Gasteiger partial charge in [-0.15, -0.1) is 0 Å². The van der Waals surface area contributed by atoms with Gasteiger partial charge in [0.2, 0.25) is 5.91 Å². The van der Waals surface area contributed by atoms with Crippen LogP contribution < -0.4 is 5.32 Å². The van der Waals surface area contributed by atoms with Gasteiger partial charge in [0, 0.05) is 4.47 Å². The molecule has 8 heteroatoms. The van der Waals surface area contributed by atoms with Crippen molar-refractivity contribution in [3.05, 3.63) is 34.3 Å². The largest absolute Gasteiger partial charge is 0.394 e. The summed E-state index contributed by atoms with van der Waals surface area (Å²) in [5.41, 5.74) is 0.759. The Balaban J connectivity index is 1.97. The third-order valence-electron chi connectivity index (χ3n) is 3.51. The Kier molecular flexibility index (Phi) is 5.90. The van der Waals surface area contributed by atoms with Crippen molar-refractivity contribution in [2.75, 3.05) is 6.61 Å². The van der Waals surface area contributed by atoms with Crippen molar-refractivity contribution in [3.63, 3.8) is 0 Å². The van der Waals surface area contributed by atoms with Gasteiger partial charge in [-0.3, -0.25) is 4.79 Å². The number of benzene rings is 1. The van der Waals surface area contributed by atoms with E-state index in [0.717, 1.165) is 10.0 Å². The predicted octanol–water partition coefficient (Wildman–Crippen LogP) is -1.09. The molecule has 1 aliphatic rings. The Morgan fingerprint density at radius 1 is 1.18 bits per heavy atom. The molecular formula is C14H18BrNO6. The van der Waals surface area contributed by atoms with Gasteiger partial charge >= 0.3 is 0 Å². The van der Waals surface area contributed by atoms with Crippen LogP contribution in [0.4, 0.5) is 0 Å². The van der Waals surface area contributed by atoms with Gasteiger partial charge in [0.15, 0.2) is 6.29 Å². The number of hydrogen-bond acceptors (Lipinski definition) is 6. The van der Waals surface area contributed by atoms with E-state index in [4.69, 9.17) is 9.84 Å². The Bertz CT molecular complexity index is 511. The van der Waals surface area contributed by atoms with E-state index >= 15 is 0 Å². The summed E-state index contributed by atoms with van der Waals surface area (Å²) >= 11 is 3.29. The van der Waals surface area contributed by atoms with Crippen molar-refractivity contribution in [1.82, 2.24) is 5.32 Å². The van der Waals surface area contributed by atoms with E-state index in [2.05, 4.69) is 21.2 Å². The molecule has 0 aliphatic carbocycles. The average Bonchev–Trinajstić information content (AvgIpc) is 2.49. The summed E-state index contributed by atoms with van der Waals surface area (Å²) in [7, 11) is 0. The second kappa shape index (κ2) is 7.49. The smallest absolute Gasteiger partial charge is 0.224 e. The van der Waals surface area contributed by atoms with E-state index in [0.29, 0.717) is 0 Å². The molecule has 5 atom stereocenters. The summed E-state index contributed by atoms with van der Waals surface area (Å²) in [6.07, 6.45) is -5.38. The van der Waals surface area contributed by atoms with Gasteiger partial charge in [-0.05, 0) is 17.7 Å². The highest BCUT2D eigenvalue weighted by molar-refractivity contribution is 9.10. The molecule has 3 unspecified atom stereocenters. The molecule has 1 heterocycles. The number of aliphatic hydroxyl groups excluding tert-OH is 4. The number of aliphatic hydroxyl groups is 4. The molecule has 1 fully saturated rings. The molecule has 1 saturated heterocycles. The van der Waals surface area contributed by atoms with Crippen LogP contribution in [0.2, 0.25) is 0 Å². The first kappa shape index (κ1) is 17.3. The molecule has 2 rings (SSSR count). The van der Waals surface area contributed by atoms with Crippen LogP contribution in [-0.2, 0) is 16.0 Å². The number of carbonyl (C=O) groups excluding carboxylic acids is 1. The third kappa shape index (κ3) is 4.03. The molecule has 122 valence electrons. The maximum atomic E-state index is 12.0. The van der Waals surface area contributed by atoms with Crippen LogP contribution in [0.5, 0.6) is 0 Å². The van der Waals surface area contributed by atoms with E-state index in [1.165, 1.54) is 0 Å². The van der Waals surface area contributed by atoms with Gasteiger partial charge < -0.3 is 30.5 Å². The van der Waals surface area contributed by atoms with E-state index < -0.39 is 43.2 Å². The van der Waals surface area contributed by atoms with Crippen LogP contribution in [0.25, 0.3) is 0 Å². The first-order valence-corrected chi connectivity index (χ1v) is 7.56. The fourth-order valence-electron chi connectivity index (χ4n) is 2.28. The maximum Gasteiger partial charge on any atom is 0.224 e. The molecule has 0 saturated carbocycles. The number of amides is 1. The Morgan fingerprint density at radius 2 is 1.82 bits per heavy atom. The van der Waals surface area contributed by atoms with E-state index in [9.17, 15) is 20.1 Å². The fraction of sp³-hybridized carbons (Fsp3) is 0.500. The zero-order chi connectivity index (χ0) is 16.3. The van der Waals surface area contributed by atoms with E-state index in [1.807, 2.05) is 0 Å². The van der Waals surface area contributed by atoms with Crippen molar-refractivity contribution in [2.24, 2.45) is 0 Å². The molecular weight excluding hydrogens is 358 g/mol. The lowest BCUT2D eigenvalue weighted by molar-refractivity contribution is -0.253. The van der Waals surface area contributed by atoms with Gasteiger partial charge in [-0.2, -0.15) is 0 Å². The summed E-state index contributed by atoms with van der Waals surface area (Å²) in [6.45, 7) is -0.547. The second-order valence-electron chi connectivity index (χ2n) is 5.13. The Hall–Kier alpha value is -1.03. The van der Waals surface area contributed by atoms with Gasteiger partial charge in [-0.1, -0.05) is 28.1 Å². The molecule has 0 bridgehead atoms. The summed E-state index contributed by atoms with van der Waals surface area (Å²) in [4.78, 5) is 12.0. The van der Waals surface area contributed by atoms with Crippen LogP contribution in [0.1, 0.15) is 5.56 Å². The number of nitrogens with one attached hydrogen (secondary N) is 1. The molecule has 1 aromatic rings. The van der Waals surface area contributed by atoms with Crippen molar-refractivity contribution in [3.8, 4) is 0 Å². The molecule has 1 amide bonds. The summed E-state index contributed by atoms with van der Waals surface area (Å²) in [5.74, 6) is -0.427. The lowest BCUT2D eigenvalue weighted by Gasteiger charge is -2.40. The number of rotatable bonds is 4. The lowest BCUT2D eigenvalue weighted by atomic mass is 9.97. The normalized spacial score (nSPS) is 31.8. The number of ether oxygens (including phenoxy) is 1. The van der Waals surface area contributed by atoms with Crippen LogP contribution >= 0.6 is 15.9 Å². The minimum atomic E-state index is -1.51. The number of carbonyl (C=O) groups is 1. The summed E-state index contributed by atoms with van der Waals surface area (Å²) < 4.78 is 5.86. The first-order valence-electron chi connectivity index (χ1n) is 6.76. The minimum Gasteiger partial charge on any atom is -0.394 e. The zero-order valence-corrected chi connectivity index (χ0v) is 13.2. The second-order valence-corrected chi connectivity index (χ2v) is 6.04. The highest BCUT2D eigenvalue weighted by Crippen LogP contribution is 2.20. The van der Waals surface area contributed by atoms with Crippen LogP contribution in [0.3, 0.4) is 0 Å². The Labute approximate surface area is 135 Å². The van der Waals surface area contributed by atoms with Crippen LogP contribution in [-0.4, -0.2) is 63.6 Å². The highest BCUT2D eigenvalue weighted by atomic mass is 79.9. The molecule has 0 radical (unpaired) electrons. The quantitative estimate of drug-likeness (QED) is 0.456. The highest BCUT2D eigenvalue weighted by Gasteiger charge is 2.44. The van der Waals surface area contributed by atoms with Crippen molar-refractivity contribution < 1.29 is 30.0 Å². The van der Waals surface area contributed by atoms with Crippen LogP contribution in [0.15, 0.2) is 28.7 Å². The van der Waals surface area contributed by atoms with Gasteiger partial charge in [-0.25, -0.2) is 0 Å². The topological polar surface area (TPSA) is 119 Å². The van der Waals surface area contributed by atoms with Crippen LogP contribution in [0, 0.1) is 0 Å². The van der Waals surface area contributed by atoms with Crippen molar-refractivity contribution >= 4 is 21.8 Å². The minimum absolute atomic E-state index is 0.0583. The van der Waals surface area contributed by atoms with Gasteiger partial charge in [0.05, 0.1) is 13.0 Å². The number of hydrogen-bond donors (Lipinski definition) is 5. The molecule has 5 N–H and O–H groups in total. The van der Waals surface area contributed by atoms with E-state index in [-0.39, 0.29) is 6.42 Å². The zero-order valence-electron chi connectivity index (χ0n) is 11.6. The lowest BCUT2D eigenvalue weighted by Crippen LogP contribution is -2.64. The average molecular weight is 376 g/mol. The molecule has 22 heavy (non-hydrogen) atoms. The van der Waals surface area contributed by atoms with Gasteiger partial charge in [0.1, 0.15) is 24.4 Å². The fourth-order valence-corrected chi connectivity index (χ4v) is 2.54. The summed E-state index contributed by atoms with van der Waals surface area (Å²) in [5, 5.41) is 40.9. The molecule has 7 nitrogen and oxygen atoms in total.